The molecule has 0 bridgehead atoms. The van der Waals surface area contributed by atoms with Gasteiger partial charge < -0.3 is 13.6 Å². The number of rotatable bonds is 15. The molecule has 2 aliphatic rings. The molecular formula is C21H42O3Si. The third-order valence-electron chi connectivity index (χ3n) is 5.93. The van der Waals surface area contributed by atoms with Gasteiger partial charge in [-0.3, -0.25) is 0 Å². The van der Waals surface area contributed by atoms with Crippen LogP contribution in [0.15, 0.2) is 0 Å². The van der Waals surface area contributed by atoms with Crippen LogP contribution >= 0.6 is 0 Å². The number of ether oxygens (including phenoxy) is 1. The van der Waals surface area contributed by atoms with E-state index in [0.717, 1.165) is 25.2 Å². The van der Waals surface area contributed by atoms with E-state index in [1.54, 1.807) is 0 Å². The first kappa shape index (κ1) is 21.4. The van der Waals surface area contributed by atoms with Crippen LogP contribution in [0.2, 0.25) is 12.6 Å². The predicted octanol–water partition coefficient (Wildman–Crippen LogP) is 6.21. The molecule has 1 saturated heterocycles. The number of hydrogen-bond donors (Lipinski definition) is 0. The van der Waals surface area contributed by atoms with Crippen LogP contribution in [0, 0.1) is 5.92 Å². The monoisotopic (exact) mass is 370 g/mol. The summed E-state index contributed by atoms with van der Waals surface area (Å²) in [6.45, 7) is 8.63. The lowest BCUT2D eigenvalue weighted by Crippen LogP contribution is -2.40. The first-order valence-electron chi connectivity index (χ1n) is 11.1. The van der Waals surface area contributed by atoms with E-state index in [4.69, 9.17) is 13.6 Å². The molecule has 1 heterocycles. The van der Waals surface area contributed by atoms with Crippen molar-refractivity contribution >= 4 is 8.56 Å². The summed E-state index contributed by atoms with van der Waals surface area (Å²) in [4.78, 5) is 0. The summed E-state index contributed by atoms with van der Waals surface area (Å²) in [5, 5.41) is 0. The highest BCUT2D eigenvalue weighted by Gasteiger charge is 2.44. The number of unbranched alkanes of at least 4 members (excludes halogenated alkanes) is 6. The van der Waals surface area contributed by atoms with Crippen LogP contribution in [0.4, 0.5) is 0 Å². The molecule has 2 fully saturated rings. The van der Waals surface area contributed by atoms with Crippen LogP contribution in [0.3, 0.4) is 0 Å². The first-order chi connectivity index (χ1) is 12.2. The Kier molecular flexibility index (Phi) is 10.0. The van der Waals surface area contributed by atoms with Crippen molar-refractivity contribution in [1.82, 2.24) is 0 Å². The molecule has 0 aromatic rings. The Labute approximate surface area is 157 Å². The second-order valence-electron chi connectivity index (χ2n) is 8.38. The molecule has 0 aromatic heterocycles. The zero-order chi connectivity index (χ0) is 18.0. The molecule has 1 aliphatic carbocycles. The van der Waals surface area contributed by atoms with Gasteiger partial charge in [0, 0.05) is 13.2 Å². The van der Waals surface area contributed by atoms with Crippen LogP contribution in [-0.2, 0) is 13.6 Å². The Morgan fingerprint density at radius 1 is 0.840 bits per heavy atom. The smallest absolute Gasteiger partial charge is 0.334 e. The van der Waals surface area contributed by atoms with Gasteiger partial charge in [-0.05, 0) is 57.0 Å². The molecule has 1 saturated carbocycles. The lowest BCUT2D eigenvalue weighted by Gasteiger charge is -2.29. The van der Waals surface area contributed by atoms with Crippen LogP contribution < -0.4 is 0 Å². The second-order valence-corrected chi connectivity index (χ2v) is 11.7. The van der Waals surface area contributed by atoms with Crippen LogP contribution in [0.25, 0.3) is 0 Å². The van der Waals surface area contributed by atoms with Crippen molar-refractivity contribution in [2.45, 2.75) is 116 Å². The van der Waals surface area contributed by atoms with Gasteiger partial charge in [-0.1, -0.05) is 52.4 Å². The van der Waals surface area contributed by atoms with Crippen LogP contribution in [0.1, 0.15) is 90.9 Å². The quantitative estimate of drug-likeness (QED) is 0.195. The van der Waals surface area contributed by atoms with Crippen molar-refractivity contribution in [3.05, 3.63) is 0 Å². The number of hydrogen-bond acceptors (Lipinski definition) is 3. The summed E-state index contributed by atoms with van der Waals surface area (Å²) in [5.41, 5.74) is 0. The van der Waals surface area contributed by atoms with Crippen molar-refractivity contribution in [2.24, 2.45) is 5.92 Å². The lowest BCUT2D eigenvalue weighted by molar-refractivity contribution is 0.163. The topological polar surface area (TPSA) is 31.0 Å². The van der Waals surface area contributed by atoms with Gasteiger partial charge in [-0.15, -0.1) is 0 Å². The summed E-state index contributed by atoms with van der Waals surface area (Å²) >= 11 is 0. The molecule has 0 N–H and O–H groups in total. The number of fused-ring (bicyclic) bond motifs is 1. The lowest BCUT2D eigenvalue weighted by atomic mass is 9.88. The van der Waals surface area contributed by atoms with Crippen molar-refractivity contribution in [2.75, 3.05) is 13.2 Å². The summed E-state index contributed by atoms with van der Waals surface area (Å²) in [6, 6.07) is 1.16. The highest BCUT2D eigenvalue weighted by molar-refractivity contribution is 6.66. The van der Waals surface area contributed by atoms with E-state index in [-0.39, 0.29) is 0 Å². The molecule has 4 heteroatoms. The Bertz CT molecular complexity index is 336. The molecule has 0 radical (unpaired) electrons. The minimum atomic E-state index is -2.00. The normalized spacial score (nSPS) is 25.8. The molecule has 3 nitrogen and oxygen atoms in total. The van der Waals surface area contributed by atoms with Crippen molar-refractivity contribution in [3.8, 4) is 0 Å². The third kappa shape index (κ3) is 8.55. The Hall–Kier alpha value is 0.0969. The summed E-state index contributed by atoms with van der Waals surface area (Å²) in [7, 11) is -2.00. The van der Waals surface area contributed by atoms with Gasteiger partial charge in [0.25, 0.3) is 0 Å². The Morgan fingerprint density at radius 2 is 1.48 bits per heavy atom. The van der Waals surface area contributed by atoms with Gasteiger partial charge in [0.1, 0.15) is 0 Å². The molecule has 25 heavy (non-hydrogen) atoms. The predicted molar refractivity (Wildman–Crippen MR) is 107 cm³/mol. The van der Waals surface area contributed by atoms with E-state index in [1.807, 2.05) is 0 Å². The molecule has 1 aliphatic heterocycles. The van der Waals surface area contributed by atoms with E-state index < -0.39 is 8.56 Å². The minimum absolute atomic E-state index is 0.594. The summed E-state index contributed by atoms with van der Waals surface area (Å²) < 4.78 is 18.5. The molecule has 0 spiro atoms. The standard InChI is InChI=1S/C21H42O3Si/c1-4-6-8-10-15-22-25(3,23-16-11-9-7-5-2)17-14-19-12-13-20-21(18-19)24-20/h19-21H,4-18H2,1-3H3. The molecule has 0 amide bonds. The first-order valence-corrected chi connectivity index (χ1v) is 13.6. The Morgan fingerprint density at radius 3 is 2.04 bits per heavy atom. The second kappa shape index (κ2) is 11.7. The van der Waals surface area contributed by atoms with E-state index in [9.17, 15) is 0 Å². The van der Waals surface area contributed by atoms with Crippen LogP contribution in [-0.4, -0.2) is 34.0 Å². The highest BCUT2D eigenvalue weighted by Crippen LogP contribution is 2.41. The van der Waals surface area contributed by atoms with Gasteiger partial charge in [0.2, 0.25) is 0 Å². The molecule has 148 valence electrons. The maximum Gasteiger partial charge on any atom is 0.334 e. The Balaban J connectivity index is 1.69. The zero-order valence-corrected chi connectivity index (χ0v) is 18.1. The molecule has 0 aromatic carbocycles. The summed E-state index contributed by atoms with van der Waals surface area (Å²) in [6.07, 6.45) is 16.6. The molecular weight excluding hydrogens is 328 g/mol. The van der Waals surface area contributed by atoms with E-state index in [2.05, 4.69) is 20.4 Å². The van der Waals surface area contributed by atoms with Crippen molar-refractivity contribution in [1.29, 1.82) is 0 Å². The van der Waals surface area contributed by atoms with Crippen molar-refractivity contribution in [3.63, 3.8) is 0 Å². The van der Waals surface area contributed by atoms with Gasteiger partial charge in [0.05, 0.1) is 12.2 Å². The van der Waals surface area contributed by atoms with Gasteiger partial charge in [0.15, 0.2) is 0 Å². The largest absolute Gasteiger partial charge is 0.394 e. The van der Waals surface area contributed by atoms with E-state index in [0.29, 0.717) is 12.2 Å². The maximum absolute atomic E-state index is 6.40. The van der Waals surface area contributed by atoms with Crippen LogP contribution in [0.5, 0.6) is 0 Å². The molecule has 3 unspecified atom stereocenters. The fourth-order valence-electron chi connectivity index (χ4n) is 4.04. The number of epoxide rings is 1. The average Bonchev–Trinajstić information content (AvgIpc) is 3.39. The van der Waals surface area contributed by atoms with Gasteiger partial charge in [-0.25, -0.2) is 0 Å². The average molecular weight is 371 g/mol. The fraction of sp³-hybridized carbons (Fsp3) is 1.00. The molecule has 2 rings (SSSR count). The fourth-order valence-corrected chi connectivity index (χ4v) is 6.49. The zero-order valence-electron chi connectivity index (χ0n) is 17.1. The van der Waals surface area contributed by atoms with Crippen molar-refractivity contribution < 1.29 is 13.6 Å². The molecule has 3 atom stereocenters. The maximum atomic E-state index is 6.40. The van der Waals surface area contributed by atoms with E-state index in [1.165, 1.54) is 77.0 Å². The van der Waals surface area contributed by atoms with E-state index >= 15 is 0 Å². The van der Waals surface area contributed by atoms with Gasteiger partial charge in [-0.2, -0.15) is 0 Å². The van der Waals surface area contributed by atoms with Gasteiger partial charge >= 0.3 is 8.56 Å². The third-order valence-corrected chi connectivity index (χ3v) is 8.76. The highest BCUT2D eigenvalue weighted by atomic mass is 28.4. The minimum Gasteiger partial charge on any atom is -0.394 e. The summed E-state index contributed by atoms with van der Waals surface area (Å²) in [5.74, 6) is 0.836. The SMILES string of the molecule is CCCCCCO[Si](C)(CCC1CCC2OC2C1)OCCCCCC.